The van der Waals surface area contributed by atoms with Gasteiger partial charge in [-0.25, -0.2) is 0 Å². The minimum Gasteiger partial charge on any atom is -0.424 e. The molecule has 0 saturated heterocycles. The lowest BCUT2D eigenvalue weighted by molar-refractivity contribution is 0.373. The van der Waals surface area contributed by atoms with Crippen LogP contribution in [0.5, 0.6) is 5.75 Å². The molecule has 3 nitrogen and oxygen atoms in total. The summed E-state index contributed by atoms with van der Waals surface area (Å²) in [4.78, 5) is 17.6. The quantitative estimate of drug-likeness (QED) is 0.306. The predicted octanol–water partition coefficient (Wildman–Crippen LogP) is 5.09. The van der Waals surface area contributed by atoms with Crippen molar-refractivity contribution >= 4 is 88.3 Å². The summed E-state index contributed by atoms with van der Waals surface area (Å²) in [5, 5.41) is 0. The summed E-state index contributed by atoms with van der Waals surface area (Å²) in [7, 11) is -2.46. The van der Waals surface area contributed by atoms with Crippen LogP contribution in [0.3, 0.4) is 0 Å². The Bertz CT molecular complexity index is 368. The Morgan fingerprint density at radius 2 is 1.07 bits per heavy atom. The minimum atomic E-state index is -2.46. The van der Waals surface area contributed by atoms with E-state index in [1.165, 1.54) is 0 Å². The van der Waals surface area contributed by atoms with Crippen LogP contribution >= 0.6 is 88.3 Å². The molecule has 0 saturated carbocycles. The van der Waals surface area contributed by atoms with Gasteiger partial charge >= 0.3 is 8.60 Å². The zero-order valence-electron chi connectivity index (χ0n) is 6.64. The maximum Gasteiger partial charge on any atom is 0.391 e. The van der Waals surface area contributed by atoms with Crippen molar-refractivity contribution in [1.82, 2.24) is 0 Å². The van der Waals surface area contributed by atoms with E-state index in [0.29, 0.717) is 23.6 Å². The largest absolute Gasteiger partial charge is 0.424 e. The second-order valence-electron chi connectivity index (χ2n) is 2.24. The second-order valence-corrected chi connectivity index (χ2v) is 6.90. The summed E-state index contributed by atoms with van der Waals surface area (Å²) in [6, 6.07) is 0. The Hall–Kier alpha value is 1.77. The summed E-state index contributed by atoms with van der Waals surface area (Å²) in [6.45, 7) is 0. The van der Waals surface area contributed by atoms with Gasteiger partial charge in [0.2, 0.25) is 0 Å². The summed E-state index contributed by atoms with van der Waals surface area (Å²) in [6.07, 6.45) is 0. The molecule has 1 rings (SSSR count). The lowest BCUT2D eigenvalue weighted by atomic mass is 10.3. The Labute approximate surface area is 129 Å². The monoisotopic (exact) mass is 548 g/mol. The van der Waals surface area contributed by atoms with Crippen molar-refractivity contribution in [1.29, 1.82) is 0 Å². The van der Waals surface area contributed by atoms with E-state index in [9.17, 15) is 0 Å². The molecular weight excluding hydrogens is 551 g/mol. The van der Waals surface area contributed by atoms with Crippen molar-refractivity contribution in [3.63, 3.8) is 0 Å². The number of hydrogen-bond donors (Lipinski definition) is 2. The summed E-state index contributed by atoms with van der Waals surface area (Å²) in [5.41, 5.74) is 0. The summed E-state index contributed by atoms with van der Waals surface area (Å²) in [5.74, 6) is 0.313. The third-order valence-corrected chi connectivity index (χ3v) is 7.71. The third-order valence-electron chi connectivity index (χ3n) is 1.34. The van der Waals surface area contributed by atoms with E-state index >= 15 is 0 Å². The van der Waals surface area contributed by atoms with E-state index in [-0.39, 0.29) is 0 Å². The van der Waals surface area contributed by atoms with E-state index in [1.54, 1.807) is 0 Å². The van der Waals surface area contributed by atoms with Gasteiger partial charge in [0, 0.05) is 4.47 Å². The zero-order valence-corrected chi connectivity index (χ0v) is 15.5. The molecule has 15 heavy (non-hydrogen) atoms. The van der Waals surface area contributed by atoms with Crippen LogP contribution in [-0.2, 0) is 0 Å². The molecule has 9 heteroatoms. The highest BCUT2D eigenvalue weighted by Crippen LogP contribution is 2.50. The fraction of sp³-hybridized carbons (Fsp3) is 0. The molecule has 0 aliphatic rings. The highest BCUT2D eigenvalue weighted by Gasteiger charge is 2.20. The van der Waals surface area contributed by atoms with Crippen molar-refractivity contribution in [3.8, 4) is 5.75 Å². The maximum absolute atomic E-state index is 8.82. The molecule has 0 aliphatic carbocycles. The first-order chi connectivity index (χ1) is 6.86. The molecule has 0 bridgehead atoms. The molecule has 2 N–H and O–H groups in total. The van der Waals surface area contributed by atoms with Gasteiger partial charge in [0.25, 0.3) is 0 Å². The van der Waals surface area contributed by atoms with Crippen LogP contribution in [0.25, 0.3) is 0 Å². The normalized spacial score (nSPS) is 10.9. The van der Waals surface area contributed by atoms with Gasteiger partial charge in [-0.05, 0) is 79.6 Å². The highest BCUT2D eigenvalue weighted by molar-refractivity contribution is 9.15. The van der Waals surface area contributed by atoms with Crippen molar-refractivity contribution < 1.29 is 14.3 Å². The molecule has 0 heterocycles. The van der Waals surface area contributed by atoms with Gasteiger partial charge in [-0.2, -0.15) is 0 Å². The molecule has 1 aromatic rings. The molecule has 1 aromatic carbocycles. The average Bonchev–Trinajstić information content (AvgIpc) is 2.18. The fourth-order valence-corrected chi connectivity index (χ4v) is 4.51. The summed E-state index contributed by atoms with van der Waals surface area (Å²) >= 11 is 16.6. The van der Waals surface area contributed by atoms with Crippen LogP contribution in [0.4, 0.5) is 0 Å². The van der Waals surface area contributed by atoms with Crippen molar-refractivity contribution in [2.75, 3.05) is 0 Å². The van der Waals surface area contributed by atoms with E-state index in [0.717, 1.165) is 4.47 Å². The molecule has 84 valence electrons. The Morgan fingerprint density at radius 1 is 0.733 bits per heavy atom. The molecule has 0 radical (unpaired) electrons. The van der Waals surface area contributed by atoms with Gasteiger partial charge in [0.05, 0.1) is 17.9 Å². The SMILES string of the molecule is OP(O)Oc1c(Br)c(Br)c(Br)c(Br)c1Br. The highest BCUT2D eigenvalue weighted by atomic mass is 79.9. The Balaban J connectivity index is 3.39. The van der Waals surface area contributed by atoms with Crippen molar-refractivity contribution in [3.05, 3.63) is 22.4 Å². The molecule has 0 spiro atoms. The van der Waals surface area contributed by atoms with Crippen molar-refractivity contribution in [2.45, 2.75) is 0 Å². The third kappa shape index (κ3) is 3.37. The first kappa shape index (κ1) is 14.8. The number of halogens is 5. The molecule has 0 unspecified atom stereocenters. The van der Waals surface area contributed by atoms with Gasteiger partial charge in [-0.3, -0.25) is 0 Å². The van der Waals surface area contributed by atoms with E-state index in [2.05, 4.69) is 79.6 Å². The lowest BCUT2D eigenvalue weighted by Gasteiger charge is -2.14. The standard InChI is InChI=1S/C6H2Br5O3P/c7-1-2(8)4(10)6(14-15(12)13)5(11)3(1)9/h12-13H. The molecule has 0 aromatic heterocycles. The molecule has 0 fully saturated rings. The van der Waals surface area contributed by atoms with Crippen LogP contribution in [0.15, 0.2) is 22.4 Å². The molecule has 0 amide bonds. The number of rotatable bonds is 2. The fourth-order valence-electron chi connectivity index (χ4n) is 0.747. The van der Waals surface area contributed by atoms with Gasteiger partial charge in [-0.1, -0.05) is 0 Å². The first-order valence-corrected chi connectivity index (χ1v) is 8.36. The second kappa shape index (κ2) is 6.09. The van der Waals surface area contributed by atoms with E-state index < -0.39 is 8.60 Å². The van der Waals surface area contributed by atoms with Crippen LogP contribution in [0, 0.1) is 0 Å². The van der Waals surface area contributed by atoms with Crippen LogP contribution in [0.2, 0.25) is 0 Å². The predicted molar refractivity (Wildman–Crippen MR) is 76.9 cm³/mol. The van der Waals surface area contributed by atoms with Crippen molar-refractivity contribution in [2.24, 2.45) is 0 Å². The zero-order chi connectivity index (χ0) is 11.7. The van der Waals surface area contributed by atoms with Crippen LogP contribution in [0.1, 0.15) is 0 Å². The maximum atomic E-state index is 8.82. The van der Waals surface area contributed by atoms with Gasteiger partial charge in [-0.15, -0.1) is 0 Å². The number of hydrogen-bond acceptors (Lipinski definition) is 3. The molecule has 0 aliphatic heterocycles. The van der Waals surface area contributed by atoms with E-state index in [4.69, 9.17) is 14.3 Å². The first-order valence-electron chi connectivity index (χ1n) is 3.23. The van der Waals surface area contributed by atoms with E-state index in [1.807, 2.05) is 0 Å². The Kier molecular flexibility index (Phi) is 6.02. The summed E-state index contributed by atoms with van der Waals surface area (Å²) < 4.78 is 8.27. The topological polar surface area (TPSA) is 49.7 Å². The molecular formula is C6H2Br5O3P. The van der Waals surface area contributed by atoms with Gasteiger partial charge in [0.15, 0.2) is 5.75 Å². The lowest BCUT2D eigenvalue weighted by Crippen LogP contribution is -1.91. The Morgan fingerprint density at radius 3 is 1.40 bits per heavy atom. The van der Waals surface area contributed by atoms with Crippen LogP contribution < -0.4 is 4.52 Å². The van der Waals surface area contributed by atoms with Crippen LogP contribution in [-0.4, -0.2) is 9.79 Å². The van der Waals surface area contributed by atoms with Gasteiger partial charge < -0.3 is 14.3 Å². The molecule has 0 atom stereocenters. The van der Waals surface area contributed by atoms with Gasteiger partial charge in [0.1, 0.15) is 0 Å². The number of benzene rings is 1. The minimum absolute atomic E-state index is 0.313. The smallest absolute Gasteiger partial charge is 0.391 e. The average molecular weight is 553 g/mol.